The fourth-order valence-corrected chi connectivity index (χ4v) is 2.37. The Morgan fingerprint density at radius 2 is 2.00 bits per heavy atom. The monoisotopic (exact) mass is 314 g/mol. The molecule has 100 valence electrons. The molecule has 1 rings (SSSR count). The summed E-state index contributed by atoms with van der Waals surface area (Å²) in [6.07, 6.45) is 0. The molecular weight excluding hydrogens is 296 g/mol. The summed E-state index contributed by atoms with van der Waals surface area (Å²) < 4.78 is 0.523. The highest BCUT2D eigenvalue weighted by Gasteiger charge is 2.16. The van der Waals surface area contributed by atoms with E-state index in [2.05, 4.69) is 41.6 Å². The highest BCUT2D eigenvalue weighted by atomic mass is 79.9. The average Bonchev–Trinajstić information content (AvgIpc) is 2.17. The van der Waals surface area contributed by atoms with Crippen molar-refractivity contribution in [3.8, 4) is 0 Å². The number of nitrogens with zero attached hydrogens (tertiary/aromatic N) is 2. The van der Waals surface area contributed by atoms with Crippen molar-refractivity contribution >= 4 is 21.6 Å². The second-order valence-corrected chi connectivity index (χ2v) is 6.63. The van der Waals surface area contributed by atoms with Crippen LogP contribution < -0.4 is 0 Å². The molecule has 0 saturated heterocycles. The van der Waals surface area contributed by atoms with E-state index >= 15 is 0 Å². The highest BCUT2D eigenvalue weighted by molar-refractivity contribution is 9.10. The molecular formula is C13H19BrN2O2. The Bertz CT molecular complexity index is 441. The van der Waals surface area contributed by atoms with E-state index in [1.807, 2.05) is 13.1 Å². The summed E-state index contributed by atoms with van der Waals surface area (Å²) in [5, 5.41) is 10.9. The van der Waals surface area contributed by atoms with E-state index in [0.717, 1.165) is 12.1 Å². The van der Waals surface area contributed by atoms with Crippen molar-refractivity contribution in [2.75, 3.05) is 13.6 Å². The molecule has 0 fully saturated rings. The number of hydrogen-bond acceptors (Lipinski definition) is 3. The van der Waals surface area contributed by atoms with Gasteiger partial charge in [-0.15, -0.1) is 0 Å². The molecule has 1 aromatic carbocycles. The molecule has 18 heavy (non-hydrogen) atoms. The van der Waals surface area contributed by atoms with Gasteiger partial charge >= 0.3 is 0 Å². The van der Waals surface area contributed by atoms with E-state index < -0.39 is 0 Å². The van der Waals surface area contributed by atoms with Gasteiger partial charge in [0.15, 0.2) is 0 Å². The maximum atomic E-state index is 10.9. The van der Waals surface area contributed by atoms with Crippen molar-refractivity contribution in [1.29, 1.82) is 0 Å². The predicted molar refractivity (Wildman–Crippen MR) is 76.6 cm³/mol. The van der Waals surface area contributed by atoms with Crippen LogP contribution in [0.4, 0.5) is 5.69 Å². The van der Waals surface area contributed by atoms with Gasteiger partial charge in [-0.05, 0) is 40.0 Å². The Morgan fingerprint density at radius 3 is 2.50 bits per heavy atom. The minimum Gasteiger partial charge on any atom is -0.302 e. The molecule has 0 amide bonds. The van der Waals surface area contributed by atoms with Gasteiger partial charge in [0.1, 0.15) is 0 Å². The van der Waals surface area contributed by atoms with Gasteiger partial charge in [0, 0.05) is 19.2 Å². The Hall–Kier alpha value is -0.940. The Kier molecular flexibility index (Phi) is 4.87. The first-order chi connectivity index (χ1) is 8.19. The van der Waals surface area contributed by atoms with Crippen molar-refractivity contribution in [2.45, 2.75) is 27.3 Å². The highest BCUT2D eigenvalue weighted by Crippen LogP contribution is 2.26. The van der Waals surface area contributed by atoms with Crippen molar-refractivity contribution in [3.05, 3.63) is 38.3 Å². The first kappa shape index (κ1) is 15.1. The number of benzene rings is 1. The lowest BCUT2D eigenvalue weighted by molar-refractivity contribution is -0.385. The van der Waals surface area contributed by atoms with Crippen LogP contribution in [0, 0.1) is 15.5 Å². The van der Waals surface area contributed by atoms with Crippen LogP contribution >= 0.6 is 15.9 Å². The number of nitro benzene ring substituents is 1. The van der Waals surface area contributed by atoms with Crippen molar-refractivity contribution in [1.82, 2.24) is 4.90 Å². The van der Waals surface area contributed by atoms with Crippen LogP contribution in [0.15, 0.2) is 22.7 Å². The quantitative estimate of drug-likeness (QED) is 0.626. The molecule has 0 aliphatic carbocycles. The summed E-state index contributed by atoms with van der Waals surface area (Å²) in [5.74, 6) is 0. The van der Waals surface area contributed by atoms with Crippen LogP contribution in [0.2, 0.25) is 0 Å². The SMILES string of the molecule is CN(Cc1ccc(Br)c([N+](=O)[O-])c1)CC(C)(C)C. The fourth-order valence-electron chi connectivity index (χ4n) is 1.97. The van der Waals surface area contributed by atoms with Crippen molar-refractivity contribution in [3.63, 3.8) is 0 Å². The topological polar surface area (TPSA) is 46.4 Å². The van der Waals surface area contributed by atoms with Crippen molar-refractivity contribution < 1.29 is 4.92 Å². The molecule has 1 aromatic rings. The lowest BCUT2D eigenvalue weighted by Crippen LogP contribution is -2.28. The predicted octanol–water partition coefficient (Wildman–Crippen LogP) is 3.84. The molecule has 5 heteroatoms. The number of rotatable bonds is 4. The van der Waals surface area contributed by atoms with Crippen molar-refractivity contribution in [2.24, 2.45) is 5.41 Å². The van der Waals surface area contributed by atoms with Gasteiger partial charge in [-0.3, -0.25) is 10.1 Å². The Morgan fingerprint density at radius 1 is 1.39 bits per heavy atom. The zero-order chi connectivity index (χ0) is 13.9. The lowest BCUT2D eigenvalue weighted by Gasteiger charge is -2.26. The first-order valence-corrected chi connectivity index (χ1v) is 6.60. The van der Waals surface area contributed by atoms with Crippen LogP contribution in [0.5, 0.6) is 0 Å². The Balaban J connectivity index is 2.80. The molecule has 0 saturated carbocycles. The van der Waals surface area contributed by atoms with Gasteiger partial charge in [0.05, 0.1) is 9.40 Å². The van der Waals surface area contributed by atoms with Gasteiger partial charge in [-0.1, -0.05) is 26.8 Å². The average molecular weight is 315 g/mol. The molecule has 0 radical (unpaired) electrons. The fraction of sp³-hybridized carbons (Fsp3) is 0.538. The molecule has 0 bridgehead atoms. The van der Waals surface area contributed by atoms with Crippen LogP contribution in [0.3, 0.4) is 0 Å². The summed E-state index contributed by atoms with van der Waals surface area (Å²) in [5.41, 5.74) is 1.30. The summed E-state index contributed by atoms with van der Waals surface area (Å²) >= 11 is 3.19. The molecule has 0 aliphatic heterocycles. The Labute approximate surface area is 116 Å². The number of hydrogen-bond donors (Lipinski definition) is 0. The zero-order valence-corrected chi connectivity index (χ0v) is 12.8. The minimum atomic E-state index is -0.364. The molecule has 0 spiro atoms. The minimum absolute atomic E-state index is 0.122. The van der Waals surface area contributed by atoms with E-state index in [0.29, 0.717) is 11.0 Å². The van der Waals surface area contributed by atoms with E-state index in [-0.39, 0.29) is 16.0 Å². The van der Waals surface area contributed by atoms with Crippen LogP contribution in [-0.4, -0.2) is 23.4 Å². The third-order valence-corrected chi connectivity index (χ3v) is 3.07. The van der Waals surface area contributed by atoms with Gasteiger partial charge in [-0.25, -0.2) is 0 Å². The zero-order valence-electron chi connectivity index (χ0n) is 11.2. The van der Waals surface area contributed by atoms with E-state index in [1.165, 1.54) is 0 Å². The molecule has 0 N–H and O–H groups in total. The molecule has 0 heterocycles. The normalized spacial score (nSPS) is 11.9. The van der Waals surface area contributed by atoms with Gasteiger partial charge < -0.3 is 4.90 Å². The van der Waals surface area contributed by atoms with Gasteiger partial charge in [-0.2, -0.15) is 0 Å². The maximum absolute atomic E-state index is 10.9. The molecule has 0 atom stereocenters. The van der Waals surface area contributed by atoms with E-state index in [1.54, 1.807) is 12.1 Å². The number of halogens is 1. The summed E-state index contributed by atoms with van der Waals surface area (Å²) in [6, 6.07) is 5.28. The third-order valence-electron chi connectivity index (χ3n) is 2.40. The summed E-state index contributed by atoms with van der Waals surface area (Å²) in [4.78, 5) is 12.7. The van der Waals surface area contributed by atoms with Gasteiger partial charge in [0.2, 0.25) is 0 Å². The van der Waals surface area contributed by atoms with Crippen LogP contribution in [0.1, 0.15) is 26.3 Å². The molecule has 0 unspecified atom stereocenters. The van der Waals surface area contributed by atoms with Gasteiger partial charge in [0.25, 0.3) is 5.69 Å². The maximum Gasteiger partial charge on any atom is 0.283 e. The van der Waals surface area contributed by atoms with E-state index in [4.69, 9.17) is 0 Å². The smallest absolute Gasteiger partial charge is 0.283 e. The van der Waals surface area contributed by atoms with E-state index in [9.17, 15) is 10.1 Å². The standard InChI is InChI=1S/C13H19BrN2O2/c1-13(2,3)9-15(4)8-10-5-6-11(14)12(7-10)16(17)18/h5-7H,8-9H2,1-4H3. The second kappa shape index (κ2) is 5.80. The van der Waals surface area contributed by atoms with Crippen LogP contribution in [0.25, 0.3) is 0 Å². The largest absolute Gasteiger partial charge is 0.302 e. The first-order valence-electron chi connectivity index (χ1n) is 5.80. The number of nitro groups is 1. The molecule has 0 aromatic heterocycles. The lowest BCUT2D eigenvalue weighted by atomic mass is 9.96. The third kappa shape index (κ3) is 4.74. The summed E-state index contributed by atoms with van der Waals surface area (Å²) in [6.45, 7) is 8.18. The molecule has 4 nitrogen and oxygen atoms in total. The second-order valence-electron chi connectivity index (χ2n) is 5.78. The summed E-state index contributed by atoms with van der Waals surface area (Å²) in [7, 11) is 2.03. The van der Waals surface area contributed by atoms with Crippen LogP contribution in [-0.2, 0) is 6.54 Å². The molecule has 0 aliphatic rings.